The van der Waals surface area contributed by atoms with Gasteiger partial charge in [-0.3, -0.25) is 4.79 Å². The highest BCUT2D eigenvalue weighted by Crippen LogP contribution is 2.25. The molecule has 0 radical (unpaired) electrons. The molecule has 2 aromatic heterocycles. The molecule has 2 heterocycles. The molecule has 0 saturated carbocycles. The van der Waals surface area contributed by atoms with Crippen molar-refractivity contribution in [3.8, 4) is 16.5 Å². The van der Waals surface area contributed by atoms with Gasteiger partial charge in [0.1, 0.15) is 5.75 Å². The van der Waals surface area contributed by atoms with Crippen molar-refractivity contribution in [3.05, 3.63) is 52.7 Å². The molecule has 1 atom stereocenters. The third-order valence-electron chi connectivity index (χ3n) is 3.39. The fraction of sp³-hybridized carbons (Fsp3) is 0.235. The quantitative estimate of drug-likeness (QED) is 0.675. The van der Waals surface area contributed by atoms with Crippen LogP contribution >= 0.6 is 22.9 Å². The monoisotopic (exact) mass is 377 g/mol. The van der Waals surface area contributed by atoms with Gasteiger partial charge in [0.15, 0.2) is 6.10 Å². The van der Waals surface area contributed by atoms with E-state index in [0.717, 1.165) is 4.88 Å². The fourth-order valence-corrected chi connectivity index (χ4v) is 2.95. The molecule has 25 heavy (non-hydrogen) atoms. The van der Waals surface area contributed by atoms with Crippen molar-refractivity contribution in [1.29, 1.82) is 0 Å². The van der Waals surface area contributed by atoms with Crippen LogP contribution in [-0.4, -0.2) is 22.2 Å². The lowest BCUT2D eigenvalue weighted by molar-refractivity contribution is -0.128. The van der Waals surface area contributed by atoms with E-state index in [1.54, 1.807) is 24.3 Å². The fourth-order valence-electron chi connectivity index (χ4n) is 2.12. The van der Waals surface area contributed by atoms with E-state index in [1.807, 2.05) is 24.4 Å². The molecule has 0 aliphatic rings. The topological polar surface area (TPSA) is 77.2 Å². The normalized spacial score (nSPS) is 11.9. The second-order valence-corrected chi connectivity index (χ2v) is 6.51. The van der Waals surface area contributed by atoms with Gasteiger partial charge in [-0.25, -0.2) is 0 Å². The second-order valence-electron chi connectivity index (χ2n) is 5.15. The van der Waals surface area contributed by atoms with E-state index in [9.17, 15) is 4.79 Å². The summed E-state index contributed by atoms with van der Waals surface area (Å²) in [5, 5.41) is 9.05. The average Bonchev–Trinajstić information content (AvgIpc) is 3.30. The van der Waals surface area contributed by atoms with Gasteiger partial charge in [-0.05, 0) is 30.0 Å². The van der Waals surface area contributed by atoms with Crippen molar-refractivity contribution in [3.63, 3.8) is 0 Å². The molecule has 0 unspecified atom stereocenters. The number of nitrogens with zero attached hydrogens (tertiary/aromatic N) is 2. The van der Waals surface area contributed by atoms with Crippen molar-refractivity contribution in [2.75, 3.05) is 0 Å². The zero-order chi connectivity index (χ0) is 17.6. The molecule has 0 aliphatic heterocycles. The number of hydrogen-bond acceptors (Lipinski definition) is 6. The number of hydrogen-bond donors (Lipinski definition) is 1. The van der Waals surface area contributed by atoms with Gasteiger partial charge in [0, 0.05) is 0 Å². The number of ether oxygens (including phenoxy) is 1. The summed E-state index contributed by atoms with van der Waals surface area (Å²) in [7, 11) is 0. The Labute approximate surface area is 153 Å². The van der Waals surface area contributed by atoms with Crippen LogP contribution in [0, 0.1) is 0 Å². The van der Waals surface area contributed by atoms with Crippen molar-refractivity contribution in [1.82, 2.24) is 15.5 Å². The van der Waals surface area contributed by atoms with Crippen LogP contribution in [0.25, 0.3) is 10.7 Å². The summed E-state index contributed by atoms with van der Waals surface area (Å²) in [6.45, 7) is 2.00. The summed E-state index contributed by atoms with van der Waals surface area (Å²) in [5.41, 5.74) is 0. The first-order chi connectivity index (χ1) is 12.2. The predicted molar refractivity (Wildman–Crippen MR) is 95.6 cm³/mol. The van der Waals surface area contributed by atoms with Crippen LogP contribution in [-0.2, 0) is 11.3 Å². The van der Waals surface area contributed by atoms with Gasteiger partial charge >= 0.3 is 0 Å². The molecule has 130 valence electrons. The Kier molecular flexibility index (Phi) is 5.67. The van der Waals surface area contributed by atoms with E-state index >= 15 is 0 Å². The first-order valence-corrected chi connectivity index (χ1v) is 8.98. The molecule has 0 spiro atoms. The molecule has 0 fully saturated rings. The molecule has 0 bridgehead atoms. The lowest BCUT2D eigenvalue weighted by atomic mass is 10.2. The van der Waals surface area contributed by atoms with E-state index in [-0.39, 0.29) is 12.5 Å². The van der Waals surface area contributed by atoms with Crippen molar-refractivity contribution in [2.45, 2.75) is 26.0 Å². The summed E-state index contributed by atoms with van der Waals surface area (Å²) in [5.74, 6) is 1.06. The Morgan fingerprint density at radius 2 is 2.20 bits per heavy atom. The molecule has 1 N–H and O–H groups in total. The van der Waals surface area contributed by atoms with Gasteiger partial charge in [-0.15, -0.1) is 11.3 Å². The Morgan fingerprint density at radius 1 is 1.36 bits per heavy atom. The summed E-state index contributed by atoms with van der Waals surface area (Å²) in [6.07, 6.45) is -0.152. The molecule has 0 aliphatic carbocycles. The molecule has 3 aromatic rings. The van der Waals surface area contributed by atoms with Crippen LogP contribution in [0.3, 0.4) is 0 Å². The summed E-state index contributed by atoms with van der Waals surface area (Å²) in [6, 6.07) is 10.9. The van der Waals surface area contributed by atoms with Crippen molar-refractivity contribution >= 4 is 28.8 Å². The third kappa shape index (κ3) is 4.37. The van der Waals surface area contributed by atoms with Crippen LogP contribution in [0.5, 0.6) is 5.75 Å². The third-order valence-corrected chi connectivity index (χ3v) is 4.57. The highest BCUT2D eigenvalue weighted by atomic mass is 35.5. The van der Waals surface area contributed by atoms with Gasteiger partial charge in [0.2, 0.25) is 11.7 Å². The Morgan fingerprint density at radius 3 is 2.92 bits per heavy atom. The van der Waals surface area contributed by atoms with Crippen LogP contribution < -0.4 is 10.1 Å². The molecule has 3 rings (SSSR count). The summed E-state index contributed by atoms with van der Waals surface area (Å²) < 4.78 is 10.9. The smallest absolute Gasteiger partial charge is 0.261 e. The number of nitrogens with one attached hydrogen (secondary N) is 1. The van der Waals surface area contributed by atoms with Gasteiger partial charge in [0.05, 0.1) is 16.4 Å². The minimum Gasteiger partial charge on any atom is -0.479 e. The summed E-state index contributed by atoms with van der Waals surface area (Å²) >= 11 is 7.59. The first-order valence-electron chi connectivity index (χ1n) is 7.72. The molecule has 0 saturated heterocycles. The van der Waals surface area contributed by atoms with Crippen LogP contribution in [0.4, 0.5) is 0 Å². The van der Waals surface area contributed by atoms with Crippen LogP contribution in [0.2, 0.25) is 5.02 Å². The SMILES string of the molecule is CC[C@H](Oc1ccccc1Cl)C(=O)NCc1nc(-c2cccs2)no1. The van der Waals surface area contributed by atoms with Gasteiger partial charge in [-0.1, -0.05) is 41.9 Å². The number of aromatic nitrogens is 2. The number of thiophene rings is 1. The van der Waals surface area contributed by atoms with Crippen LogP contribution in [0.15, 0.2) is 46.3 Å². The van der Waals surface area contributed by atoms with E-state index < -0.39 is 6.10 Å². The number of halogens is 1. The zero-order valence-corrected chi connectivity index (χ0v) is 15.0. The Hall–Kier alpha value is -2.38. The number of amides is 1. The first kappa shape index (κ1) is 17.4. The molecular weight excluding hydrogens is 362 g/mol. The molecule has 1 aromatic carbocycles. The zero-order valence-electron chi connectivity index (χ0n) is 13.4. The molecule has 1 amide bonds. The summed E-state index contributed by atoms with van der Waals surface area (Å²) in [4.78, 5) is 17.5. The number of carbonyl (C=O) groups is 1. The van der Waals surface area contributed by atoms with Crippen LogP contribution in [0.1, 0.15) is 19.2 Å². The van der Waals surface area contributed by atoms with Gasteiger partial charge in [0.25, 0.3) is 5.91 Å². The largest absolute Gasteiger partial charge is 0.479 e. The van der Waals surface area contributed by atoms with E-state index in [4.69, 9.17) is 20.9 Å². The molecule has 8 heteroatoms. The lowest BCUT2D eigenvalue weighted by Gasteiger charge is -2.17. The van der Waals surface area contributed by atoms with E-state index in [0.29, 0.717) is 28.9 Å². The van der Waals surface area contributed by atoms with Gasteiger partial charge in [-0.2, -0.15) is 4.98 Å². The molecular formula is C17H16ClN3O3S. The van der Waals surface area contributed by atoms with Gasteiger partial charge < -0.3 is 14.6 Å². The molecule has 6 nitrogen and oxygen atoms in total. The minimum absolute atomic E-state index is 0.138. The standard InChI is InChI=1S/C17H16ClN3O3S/c1-2-12(23-13-7-4-3-6-11(13)18)17(22)19-10-15-20-16(21-24-15)14-8-5-9-25-14/h3-9,12H,2,10H2,1H3,(H,19,22)/t12-/m0/s1. The number of benzene rings is 1. The maximum absolute atomic E-state index is 12.3. The maximum atomic E-state index is 12.3. The average molecular weight is 378 g/mol. The van der Waals surface area contributed by atoms with E-state index in [1.165, 1.54) is 11.3 Å². The van der Waals surface area contributed by atoms with E-state index in [2.05, 4.69) is 15.5 Å². The highest BCUT2D eigenvalue weighted by Gasteiger charge is 2.20. The predicted octanol–water partition coefficient (Wildman–Crippen LogP) is 3.93. The van der Waals surface area contributed by atoms with Crippen molar-refractivity contribution in [2.24, 2.45) is 0 Å². The number of rotatable bonds is 7. The maximum Gasteiger partial charge on any atom is 0.261 e. The lowest BCUT2D eigenvalue weighted by Crippen LogP contribution is -2.37. The Balaban J connectivity index is 1.58. The second kappa shape index (κ2) is 8.13. The van der Waals surface area contributed by atoms with Crippen molar-refractivity contribution < 1.29 is 14.1 Å². The highest BCUT2D eigenvalue weighted by molar-refractivity contribution is 7.13. The number of carbonyl (C=O) groups excluding carboxylic acids is 1. The minimum atomic E-state index is -0.653. The number of para-hydroxylation sites is 1. The Bertz CT molecular complexity index is 835.